The molecule has 3 nitrogen and oxygen atoms in total. The lowest BCUT2D eigenvalue weighted by Gasteiger charge is -2.23. The van der Waals surface area contributed by atoms with Crippen LogP contribution in [0.1, 0.15) is 50.5 Å². The van der Waals surface area contributed by atoms with Gasteiger partial charge in [0, 0.05) is 24.7 Å². The minimum Gasteiger partial charge on any atom is -0.389 e. The third-order valence-electron chi connectivity index (χ3n) is 4.38. The number of benzene rings is 1. The van der Waals surface area contributed by atoms with E-state index in [0.29, 0.717) is 11.4 Å². The summed E-state index contributed by atoms with van der Waals surface area (Å²) in [6, 6.07) is 7.54. The van der Waals surface area contributed by atoms with E-state index in [-0.39, 0.29) is 5.91 Å². The minimum absolute atomic E-state index is 0.167. The topological polar surface area (TPSA) is 46.3 Å². The monoisotopic (exact) mass is 304 g/mol. The van der Waals surface area contributed by atoms with Crippen molar-refractivity contribution in [3.8, 4) is 0 Å². The summed E-state index contributed by atoms with van der Waals surface area (Å²) in [6.07, 6.45) is 8.21. The SMILES string of the molecule is CN(C(=O)CCC1CCCCC1)c1cccc(C(N)=S)c1. The van der Waals surface area contributed by atoms with Crippen LogP contribution in [-0.2, 0) is 4.79 Å². The number of amides is 1. The van der Waals surface area contributed by atoms with Crippen molar-refractivity contribution in [2.45, 2.75) is 44.9 Å². The van der Waals surface area contributed by atoms with Gasteiger partial charge in [-0.25, -0.2) is 0 Å². The predicted octanol–water partition coefficient (Wildman–Crippen LogP) is 3.64. The van der Waals surface area contributed by atoms with Crippen molar-refractivity contribution < 1.29 is 4.79 Å². The van der Waals surface area contributed by atoms with E-state index in [1.165, 1.54) is 32.1 Å². The van der Waals surface area contributed by atoms with Gasteiger partial charge < -0.3 is 10.6 Å². The van der Waals surface area contributed by atoms with Crippen LogP contribution in [0.3, 0.4) is 0 Å². The molecule has 1 amide bonds. The van der Waals surface area contributed by atoms with Gasteiger partial charge in [0.25, 0.3) is 0 Å². The summed E-state index contributed by atoms with van der Waals surface area (Å²) in [5.74, 6) is 0.903. The van der Waals surface area contributed by atoms with Gasteiger partial charge in [0.2, 0.25) is 5.91 Å². The first-order chi connectivity index (χ1) is 10.1. The van der Waals surface area contributed by atoms with Crippen molar-refractivity contribution in [3.63, 3.8) is 0 Å². The van der Waals surface area contributed by atoms with Gasteiger partial charge in [0.15, 0.2) is 0 Å². The van der Waals surface area contributed by atoms with E-state index < -0.39 is 0 Å². The Balaban J connectivity index is 1.92. The van der Waals surface area contributed by atoms with Crippen LogP contribution in [0.15, 0.2) is 24.3 Å². The van der Waals surface area contributed by atoms with Gasteiger partial charge in [-0.3, -0.25) is 4.79 Å². The molecule has 0 bridgehead atoms. The second kappa shape index (κ2) is 7.55. The molecular weight excluding hydrogens is 280 g/mol. The average Bonchev–Trinajstić information content (AvgIpc) is 2.53. The number of thiocarbonyl (C=S) groups is 1. The first-order valence-corrected chi connectivity index (χ1v) is 8.15. The lowest BCUT2D eigenvalue weighted by atomic mass is 9.86. The number of hydrogen-bond acceptors (Lipinski definition) is 2. The summed E-state index contributed by atoms with van der Waals surface area (Å²) in [5.41, 5.74) is 7.30. The molecule has 0 aliphatic heterocycles. The smallest absolute Gasteiger partial charge is 0.226 e. The Morgan fingerprint density at radius 1 is 1.33 bits per heavy atom. The molecule has 0 atom stereocenters. The number of carbonyl (C=O) groups is 1. The van der Waals surface area contributed by atoms with Gasteiger partial charge in [0.05, 0.1) is 0 Å². The fourth-order valence-corrected chi connectivity index (χ4v) is 3.11. The standard InChI is InChI=1S/C17H24N2OS/c1-19(15-9-5-8-14(12-15)17(18)21)16(20)11-10-13-6-3-2-4-7-13/h5,8-9,12-13H,2-4,6-7,10-11H2,1H3,(H2,18,21). The highest BCUT2D eigenvalue weighted by molar-refractivity contribution is 7.80. The van der Waals surface area contributed by atoms with E-state index in [0.717, 1.165) is 23.6 Å². The van der Waals surface area contributed by atoms with Gasteiger partial charge >= 0.3 is 0 Å². The van der Waals surface area contributed by atoms with Crippen molar-refractivity contribution >= 4 is 28.8 Å². The number of nitrogens with two attached hydrogens (primary N) is 1. The quantitative estimate of drug-likeness (QED) is 0.845. The summed E-state index contributed by atoms with van der Waals surface area (Å²) in [6.45, 7) is 0. The van der Waals surface area contributed by atoms with E-state index in [2.05, 4.69) is 0 Å². The van der Waals surface area contributed by atoms with Gasteiger partial charge in [-0.15, -0.1) is 0 Å². The maximum atomic E-state index is 12.3. The maximum Gasteiger partial charge on any atom is 0.226 e. The lowest BCUT2D eigenvalue weighted by Crippen LogP contribution is -2.27. The highest BCUT2D eigenvalue weighted by Crippen LogP contribution is 2.27. The lowest BCUT2D eigenvalue weighted by molar-refractivity contribution is -0.118. The van der Waals surface area contributed by atoms with Crippen LogP contribution in [0.25, 0.3) is 0 Å². The van der Waals surface area contributed by atoms with E-state index >= 15 is 0 Å². The number of anilines is 1. The highest BCUT2D eigenvalue weighted by Gasteiger charge is 2.17. The molecule has 1 aromatic rings. The van der Waals surface area contributed by atoms with Crippen molar-refractivity contribution in [1.29, 1.82) is 0 Å². The van der Waals surface area contributed by atoms with Crippen molar-refractivity contribution in [2.75, 3.05) is 11.9 Å². The number of rotatable bonds is 5. The van der Waals surface area contributed by atoms with Gasteiger partial charge in [-0.2, -0.15) is 0 Å². The predicted molar refractivity (Wildman–Crippen MR) is 91.5 cm³/mol. The fourth-order valence-electron chi connectivity index (χ4n) is 2.98. The molecule has 2 N–H and O–H groups in total. The number of carbonyl (C=O) groups excluding carboxylic acids is 1. The van der Waals surface area contributed by atoms with Crippen LogP contribution < -0.4 is 10.6 Å². The van der Waals surface area contributed by atoms with Crippen LogP contribution in [0.4, 0.5) is 5.69 Å². The molecule has 2 rings (SSSR count). The summed E-state index contributed by atoms with van der Waals surface area (Å²) in [4.78, 5) is 14.4. The van der Waals surface area contributed by atoms with Gasteiger partial charge in [-0.05, 0) is 24.5 Å². The molecule has 21 heavy (non-hydrogen) atoms. The average molecular weight is 304 g/mol. The number of nitrogens with zero attached hydrogens (tertiary/aromatic N) is 1. The summed E-state index contributed by atoms with van der Waals surface area (Å²) < 4.78 is 0. The molecule has 0 radical (unpaired) electrons. The molecule has 0 heterocycles. The van der Waals surface area contributed by atoms with Crippen LogP contribution in [0.2, 0.25) is 0 Å². The molecule has 1 saturated carbocycles. The highest BCUT2D eigenvalue weighted by atomic mass is 32.1. The second-order valence-corrected chi connectivity index (χ2v) is 6.35. The van der Waals surface area contributed by atoms with Crippen molar-refractivity contribution in [1.82, 2.24) is 0 Å². The van der Waals surface area contributed by atoms with E-state index in [9.17, 15) is 4.79 Å². The normalized spacial score (nSPS) is 15.7. The van der Waals surface area contributed by atoms with Crippen LogP contribution in [-0.4, -0.2) is 17.9 Å². The molecule has 4 heteroatoms. The molecule has 1 fully saturated rings. The van der Waals surface area contributed by atoms with E-state index in [1.54, 1.807) is 4.90 Å². The maximum absolute atomic E-state index is 12.3. The molecule has 0 spiro atoms. The Morgan fingerprint density at radius 3 is 2.71 bits per heavy atom. The van der Waals surface area contributed by atoms with Crippen molar-refractivity contribution in [2.24, 2.45) is 11.7 Å². The molecule has 114 valence electrons. The Bertz CT molecular complexity index is 509. The van der Waals surface area contributed by atoms with E-state index in [1.807, 2.05) is 31.3 Å². The van der Waals surface area contributed by atoms with Crippen LogP contribution in [0, 0.1) is 5.92 Å². The van der Waals surface area contributed by atoms with Crippen LogP contribution in [0.5, 0.6) is 0 Å². The Kier molecular flexibility index (Phi) is 5.74. The summed E-state index contributed by atoms with van der Waals surface area (Å²) in [7, 11) is 1.82. The Hall–Kier alpha value is -1.42. The van der Waals surface area contributed by atoms with E-state index in [4.69, 9.17) is 18.0 Å². The third kappa shape index (κ3) is 4.53. The summed E-state index contributed by atoms with van der Waals surface area (Å²) >= 11 is 4.98. The molecule has 0 unspecified atom stereocenters. The first-order valence-electron chi connectivity index (χ1n) is 7.74. The minimum atomic E-state index is 0.167. The molecule has 1 aliphatic carbocycles. The fraction of sp³-hybridized carbons (Fsp3) is 0.529. The zero-order valence-corrected chi connectivity index (χ0v) is 13.5. The molecule has 1 aromatic carbocycles. The Morgan fingerprint density at radius 2 is 2.05 bits per heavy atom. The first kappa shape index (κ1) is 16.0. The van der Waals surface area contributed by atoms with Crippen molar-refractivity contribution in [3.05, 3.63) is 29.8 Å². The summed E-state index contributed by atoms with van der Waals surface area (Å²) in [5, 5.41) is 0. The molecule has 0 aromatic heterocycles. The zero-order chi connectivity index (χ0) is 15.2. The van der Waals surface area contributed by atoms with Gasteiger partial charge in [-0.1, -0.05) is 56.5 Å². The molecular formula is C17H24N2OS. The third-order valence-corrected chi connectivity index (χ3v) is 4.62. The largest absolute Gasteiger partial charge is 0.389 e. The van der Waals surface area contributed by atoms with Crippen LogP contribution >= 0.6 is 12.2 Å². The number of hydrogen-bond donors (Lipinski definition) is 1. The van der Waals surface area contributed by atoms with Gasteiger partial charge in [0.1, 0.15) is 4.99 Å². The molecule has 0 saturated heterocycles. The second-order valence-electron chi connectivity index (χ2n) is 5.91. The zero-order valence-electron chi connectivity index (χ0n) is 12.7. The molecule has 1 aliphatic rings. The Labute approximate surface area is 132 Å².